The number of alkyl carbamates (subject to hydrolysis) is 1. The molecule has 58 heavy (non-hydrogen) atoms. The van der Waals surface area contributed by atoms with Crippen molar-refractivity contribution in [1.82, 2.24) is 21.3 Å². The number of ether oxygens (including phenoxy) is 3. The van der Waals surface area contributed by atoms with Gasteiger partial charge in [0.15, 0.2) is 9.84 Å². The average Bonchev–Trinajstić information content (AvgIpc) is 3.53. The van der Waals surface area contributed by atoms with Crippen molar-refractivity contribution in [3.8, 4) is 0 Å². The quantitative estimate of drug-likeness (QED) is 0.133. The van der Waals surface area contributed by atoms with E-state index >= 15 is 0 Å². The molecule has 15 nitrogen and oxygen atoms in total. The molecule has 0 spiro atoms. The van der Waals surface area contributed by atoms with E-state index in [2.05, 4.69) is 21.3 Å². The summed E-state index contributed by atoms with van der Waals surface area (Å²) in [7, 11) is -3.64. The summed E-state index contributed by atoms with van der Waals surface area (Å²) in [4.78, 5) is 81.0. The second-order valence-corrected chi connectivity index (χ2v) is 18.7. The number of rotatable bonds is 17. The Labute approximate surface area is 341 Å². The van der Waals surface area contributed by atoms with Gasteiger partial charge in [0, 0.05) is 11.7 Å². The normalized spacial score (nSPS) is 15.3. The molecular formula is C42H58N4O11S. The molecule has 0 radical (unpaired) electrons. The zero-order valence-electron chi connectivity index (χ0n) is 34.7. The predicted molar refractivity (Wildman–Crippen MR) is 216 cm³/mol. The zero-order chi connectivity index (χ0) is 43.4. The number of carbonyl (C=O) groups excluding carboxylic acids is 6. The summed E-state index contributed by atoms with van der Waals surface area (Å²) in [6.45, 7) is 13.2. The molecule has 0 saturated carbocycles. The number of nitrogens with one attached hydrogen (secondary N) is 4. The first kappa shape index (κ1) is 47.1. The molecule has 0 aromatic heterocycles. The highest BCUT2D eigenvalue weighted by Crippen LogP contribution is 2.29. The van der Waals surface area contributed by atoms with Gasteiger partial charge in [0.25, 0.3) is 0 Å². The third-order valence-electron chi connectivity index (χ3n) is 8.69. The summed E-state index contributed by atoms with van der Waals surface area (Å²) < 4.78 is 40.1. The lowest BCUT2D eigenvalue weighted by Crippen LogP contribution is -2.60. The molecule has 0 bridgehead atoms. The fourth-order valence-corrected chi connectivity index (χ4v) is 6.64. The summed E-state index contributed by atoms with van der Waals surface area (Å²) in [5.41, 5.74) is 0.878. The Balaban J connectivity index is 1.90. The first-order chi connectivity index (χ1) is 26.9. The van der Waals surface area contributed by atoms with E-state index in [1.807, 2.05) is 24.3 Å². The Hall–Kier alpha value is -5.25. The second kappa shape index (κ2) is 20.4. The first-order valence-electron chi connectivity index (χ1n) is 19.2. The van der Waals surface area contributed by atoms with E-state index in [-0.39, 0.29) is 6.61 Å². The summed E-state index contributed by atoms with van der Waals surface area (Å²) in [5, 5.41) is 11.5. The monoisotopic (exact) mass is 826 g/mol. The van der Waals surface area contributed by atoms with E-state index in [4.69, 9.17) is 14.2 Å². The van der Waals surface area contributed by atoms with Crippen LogP contribution in [0.3, 0.4) is 0 Å². The lowest BCUT2D eigenvalue weighted by atomic mass is 9.93. The Morgan fingerprint density at radius 3 is 1.78 bits per heavy atom. The first-order valence-corrected chi connectivity index (χ1v) is 21.1. The smallest absolute Gasteiger partial charge is 0.408 e. The van der Waals surface area contributed by atoms with E-state index < -0.39 is 106 Å². The lowest BCUT2D eigenvalue weighted by molar-refractivity contribution is -0.157. The number of hydrogen-bond acceptors (Lipinski definition) is 11. The van der Waals surface area contributed by atoms with Crippen LogP contribution in [0, 0.1) is 11.8 Å². The summed E-state index contributed by atoms with van der Waals surface area (Å²) in [6, 6.07) is 11.3. The molecule has 0 heterocycles. The van der Waals surface area contributed by atoms with Gasteiger partial charge in [-0.1, -0.05) is 74.5 Å². The van der Waals surface area contributed by atoms with E-state index in [9.17, 15) is 37.2 Å². The molecule has 0 aliphatic heterocycles. The number of benzene rings is 2. The summed E-state index contributed by atoms with van der Waals surface area (Å²) in [5.74, 6) is -4.81. The van der Waals surface area contributed by atoms with Gasteiger partial charge >= 0.3 is 18.0 Å². The van der Waals surface area contributed by atoms with Crippen molar-refractivity contribution in [2.24, 2.45) is 11.8 Å². The van der Waals surface area contributed by atoms with Gasteiger partial charge in [0.05, 0.1) is 18.9 Å². The van der Waals surface area contributed by atoms with E-state index in [1.54, 1.807) is 85.7 Å². The lowest BCUT2D eigenvalue weighted by Gasteiger charge is -2.30. The molecule has 2 aromatic rings. The van der Waals surface area contributed by atoms with Crippen molar-refractivity contribution >= 4 is 45.6 Å². The number of sulfone groups is 1. The highest BCUT2D eigenvalue weighted by molar-refractivity contribution is 7.93. The fourth-order valence-electron chi connectivity index (χ4n) is 6.16. The SMILES string of the molecule is CC(C)C(NC(=O)C(NC(=O)C(CC(=O)OC(C)(C)C)NC(=O)OCc1ccccc1)C1Cc2ccccc2C1)C(=O)NC(C=CS(C)(=O)=O)CC(=O)OC(C)(C)C. The van der Waals surface area contributed by atoms with Crippen LogP contribution >= 0.6 is 0 Å². The number of hydrogen-bond donors (Lipinski definition) is 4. The Kier molecular flexibility index (Phi) is 16.6. The van der Waals surface area contributed by atoms with Crippen LogP contribution < -0.4 is 21.3 Å². The van der Waals surface area contributed by atoms with Crippen molar-refractivity contribution in [2.45, 2.75) is 123 Å². The molecule has 0 fully saturated rings. The number of amides is 4. The standard InChI is InChI=1S/C42H58N4O11S/c1-26(2)35(38(50)43-31(19-20-58(9,53)54)23-33(47)56-41(3,4)5)45-39(51)36(30-21-28-17-13-14-18-29(28)22-30)46-37(49)32(24-34(48)57-42(6,7)8)44-40(52)55-25-27-15-11-10-12-16-27/h10-20,26,30-32,35-36H,21-25H2,1-9H3,(H,43,50)(H,44,52)(H,45,51)(H,46,49). The van der Waals surface area contributed by atoms with Gasteiger partial charge in [-0.15, -0.1) is 0 Å². The van der Waals surface area contributed by atoms with Crippen LogP contribution in [0.1, 0.15) is 84.9 Å². The Bertz CT molecular complexity index is 1890. The zero-order valence-corrected chi connectivity index (χ0v) is 35.6. The molecule has 4 N–H and O–H groups in total. The van der Waals surface area contributed by atoms with Gasteiger partial charge in [-0.3, -0.25) is 24.0 Å². The average molecular weight is 827 g/mol. The second-order valence-electron chi connectivity index (χ2n) is 16.8. The maximum atomic E-state index is 14.4. The van der Waals surface area contributed by atoms with Crippen LogP contribution in [-0.2, 0) is 67.5 Å². The number of esters is 2. The molecule has 3 rings (SSSR count). The fraction of sp³-hybridized carbons (Fsp3) is 0.524. The van der Waals surface area contributed by atoms with E-state index in [0.717, 1.165) is 28.9 Å². The van der Waals surface area contributed by atoms with E-state index in [1.165, 1.54) is 0 Å². The van der Waals surface area contributed by atoms with Gasteiger partial charge < -0.3 is 35.5 Å². The van der Waals surface area contributed by atoms with Crippen molar-refractivity contribution in [3.05, 3.63) is 82.8 Å². The van der Waals surface area contributed by atoms with Crippen LogP contribution in [0.4, 0.5) is 4.79 Å². The number of fused-ring (bicyclic) bond motifs is 1. The third-order valence-corrected chi connectivity index (χ3v) is 9.34. The molecule has 0 saturated heterocycles. The van der Waals surface area contributed by atoms with Gasteiger partial charge in [-0.25, -0.2) is 13.2 Å². The van der Waals surface area contributed by atoms with Crippen LogP contribution in [0.15, 0.2) is 66.1 Å². The van der Waals surface area contributed by atoms with Crippen LogP contribution in [-0.4, -0.2) is 85.8 Å². The van der Waals surface area contributed by atoms with Crippen molar-refractivity contribution in [2.75, 3.05) is 6.26 Å². The van der Waals surface area contributed by atoms with Crippen molar-refractivity contribution < 1.29 is 51.4 Å². The van der Waals surface area contributed by atoms with Gasteiger partial charge in [-0.05, 0) is 82.9 Å². The maximum Gasteiger partial charge on any atom is 0.408 e. The highest BCUT2D eigenvalue weighted by Gasteiger charge is 2.39. The van der Waals surface area contributed by atoms with Crippen LogP contribution in [0.5, 0.6) is 0 Å². The van der Waals surface area contributed by atoms with Crippen molar-refractivity contribution in [1.29, 1.82) is 0 Å². The minimum absolute atomic E-state index is 0.111. The van der Waals surface area contributed by atoms with Crippen LogP contribution in [0.25, 0.3) is 0 Å². The minimum Gasteiger partial charge on any atom is -0.460 e. The number of carbonyl (C=O) groups is 6. The molecular weight excluding hydrogens is 769 g/mol. The summed E-state index contributed by atoms with van der Waals surface area (Å²) >= 11 is 0. The third kappa shape index (κ3) is 16.7. The van der Waals surface area contributed by atoms with E-state index in [0.29, 0.717) is 18.4 Å². The summed E-state index contributed by atoms with van der Waals surface area (Å²) in [6.07, 6.45) is 0.952. The predicted octanol–water partition coefficient (Wildman–Crippen LogP) is 3.83. The van der Waals surface area contributed by atoms with Crippen molar-refractivity contribution in [3.63, 3.8) is 0 Å². The molecule has 318 valence electrons. The minimum atomic E-state index is -3.64. The molecule has 2 aromatic carbocycles. The molecule has 4 atom stereocenters. The molecule has 4 amide bonds. The Morgan fingerprint density at radius 2 is 1.26 bits per heavy atom. The topological polar surface area (TPSA) is 212 Å². The maximum absolute atomic E-state index is 14.4. The molecule has 1 aliphatic carbocycles. The van der Waals surface area contributed by atoms with Gasteiger partial charge in [0.2, 0.25) is 17.7 Å². The largest absolute Gasteiger partial charge is 0.460 e. The molecule has 4 unspecified atom stereocenters. The molecule has 16 heteroatoms. The highest BCUT2D eigenvalue weighted by atomic mass is 32.2. The molecule has 1 aliphatic rings. The Morgan fingerprint density at radius 1 is 0.724 bits per heavy atom. The van der Waals surface area contributed by atoms with Gasteiger partial charge in [0.1, 0.15) is 35.9 Å². The van der Waals surface area contributed by atoms with Gasteiger partial charge in [-0.2, -0.15) is 0 Å². The van der Waals surface area contributed by atoms with Crippen LogP contribution in [0.2, 0.25) is 0 Å².